The Hall–Kier alpha value is -5.16. The summed E-state index contributed by atoms with van der Waals surface area (Å²) in [5, 5.41) is 9.39. The van der Waals surface area contributed by atoms with Crippen molar-refractivity contribution in [3.8, 4) is 11.8 Å². The van der Waals surface area contributed by atoms with Gasteiger partial charge in [-0.25, -0.2) is 9.46 Å². The van der Waals surface area contributed by atoms with Crippen LogP contribution in [-0.2, 0) is 38.3 Å². The van der Waals surface area contributed by atoms with Gasteiger partial charge in [-0.1, -0.05) is 48.5 Å². The molecule has 0 spiro atoms. The van der Waals surface area contributed by atoms with Crippen LogP contribution in [0.3, 0.4) is 0 Å². The highest BCUT2D eigenvalue weighted by Gasteiger charge is 2.57. The number of hydrogen-bond donors (Lipinski definition) is 1. The Balaban J connectivity index is 1.71. The Morgan fingerprint density at radius 2 is 1.57 bits per heavy atom. The van der Waals surface area contributed by atoms with Crippen LogP contribution < -0.4 is 16.0 Å². The van der Waals surface area contributed by atoms with E-state index in [4.69, 9.17) is 37.5 Å². The first-order valence-electron chi connectivity index (χ1n) is 20.4. The van der Waals surface area contributed by atoms with E-state index in [1.165, 1.54) is 7.11 Å². The molecule has 354 valence electrons. The van der Waals surface area contributed by atoms with Gasteiger partial charge in [-0.05, 0) is 69.0 Å². The van der Waals surface area contributed by atoms with Crippen LogP contribution in [0.15, 0.2) is 111 Å². The average Bonchev–Trinajstić information content (AvgIpc) is 3.59. The molecular formula is C44H51F6N4O10P. The van der Waals surface area contributed by atoms with E-state index in [1.807, 2.05) is 93.1 Å². The summed E-state index contributed by atoms with van der Waals surface area (Å²) < 4.78 is 132. The quantitative estimate of drug-likeness (QED) is 0.0443. The molecule has 0 radical (unpaired) electrons. The number of aromatic nitrogens is 2. The van der Waals surface area contributed by atoms with E-state index in [9.17, 15) is 41.2 Å². The van der Waals surface area contributed by atoms with Crippen LogP contribution in [-0.4, -0.2) is 85.6 Å². The van der Waals surface area contributed by atoms with Gasteiger partial charge >= 0.3 is 26.6 Å². The molecular weight excluding hydrogens is 889 g/mol. The van der Waals surface area contributed by atoms with Crippen molar-refractivity contribution in [2.45, 2.75) is 89.3 Å². The number of ether oxygens (including phenoxy) is 6. The van der Waals surface area contributed by atoms with Gasteiger partial charge in [0.25, 0.3) is 5.56 Å². The van der Waals surface area contributed by atoms with Crippen LogP contribution in [0.25, 0.3) is 0 Å². The van der Waals surface area contributed by atoms with Gasteiger partial charge in [-0.2, -0.15) is 31.6 Å². The minimum atomic E-state index is -5.70. The van der Waals surface area contributed by atoms with Crippen molar-refractivity contribution in [1.29, 1.82) is 5.26 Å². The summed E-state index contributed by atoms with van der Waals surface area (Å²) >= 11 is 0. The summed E-state index contributed by atoms with van der Waals surface area (Å²) in [5.41, 5.74) is -1.06. The third-order valence-electron chi connectivity index (χ3n) is 10.3. The number of benzene rings is 2. The molecule has 4 atom stereocenters. The Morgan fingerprint density at radius 3 is 2.12 bits per heavy atom. The van der Waals surface area contributed by atoms with Crippen molar-refractivity contribution in [3.05, 3.63) is 134 Å². The van der Waals surface area contributed by atoms with Crippen molar-refractivity contribution >= 4 is 8.53 Å². The number of rotatable bonds is 22. The molecule has 65 heavy (non-hydrogen) atoms. The molecule has 1 aromatic heterocycles. The molecule has 1 aliphatic carbocycles. The first-order valence-corrected chi connectivity index (χ1v) is 21.6. The smallest absolute Gasteiger partial charge is 0.402 e. The highest BCUT2D eigenvalue weighted by atomic mass is 31.2. The number of hydrogen-bond acceptors (Lipinski definition) is 12. The second kappa shape index (κ2) is 22.4. The van der Waals surface area contributed by atoms with Crippen LogP contribution in [0.5, 0.6) is 5.75 Å². The first-order chi connectivity index (χ1) is 30.8. The predicted octanol–water partition coefficient (Wildman–Crippen LogP) is 8.89. The van der Waals surface area contributed by atoms with Gasteiger partial charge in [-0.15, -0.1) is 0 Å². The molecule has 2 aliphatic rings. The minimum absolute atomic E-state index is 0.0454. The third-order valence-corrected chi connectivity index (χ3v) is 12.4. The number of nitriles is 1. The molecule has 0 amide bonds. The standard InChI is InChI=1S/C44H51F6N4O10P/c1-28(2)54(29(3)4)65(62-24-10-22-51)64-38-35(63-40(53-23-21-37(55)52-41(53)56)39(38)60-27-59-26-36(43(45,46)47)44(48,49)50)25-61-42(30-11-8-7-9-12-30,31-13-17-33(57-5)18-14-31)32-15-19-34(58-6)20-16-32/h7-9,11-15,17-19,21,23,28-29,36,39-40H,10,16,20,24-27H2,1-6H3,(H,52,55,56)/t39?,40-,42?,65?/m1/s1. The molecule has 1 N–H and O–H groups in total. The molecule has 21 heteroatoms. The number of H-pyrrole nitrogens is 1. The summed E-state index contributed by atoms with van der Waals surface area (Å²) in [5.74, 6) is -2.90. The van der Waals surface area contributed by atoms with Crippen molar-refractivity contribution in [2.24, 2.45) is 5.92 Å². The SMILES string of the molecule is COC1=CC=C(C(OCC2=C(OP(OCCC#N)N(C(C)C)C(C)C)C(OCOCC(C(F)(F)F)C(F)(F)F)[C@H](n3ccc(=O)[nH]c3=O)O2)(c2ccccc2)c2ccc(OC)cc2)CC1. The van der Waals surface area contributed by atoms with Gasteiger partial charge in [0.15, 0.2) is 23.5 Å². The lowest BCUT2D eigenvalue weighted by Gasteiger charge is -2.39. The Labute approximate surface area is 372 Å². The number of alkyl halides is 6. The maximum absolute atomic E-state index is 13.5. The highest BCUT2D eigenvalue weighted by molar-refractivity contribution is 7.44. The average molecular weight is 941 g/mol. The highest BCUT2D eigenvalue weighted by Crippen LogP contribution is 2.53. The van der Waals surface area contributed by atoms with Gasteiger partial charge < -0.3 is 37.5 Å². The Morgan fingerprint density at radius 1 is 0.908 bits per heavy atom. The monoisotopic (exact) mass is 940 g/mol. The summed E-state index contributed by atoms with van der Waals surface area (Å²) in [6, 6.07) is 18.9. The lowest BCUT2D eigenvalue weighted by molar-refractivity contribution is -0.299. The third kappa shape index (κ3) is 12.4. The molecule has 0 bridgehead atoms. The van der Waals surface area contributed by atoms with Crippen LogP contribution in [0.2, 0.25) is 0 Å². The van der Waals surface area contributed by atoms with Gasteiger partial charge in [-0.3, -0.25) is 14.3 Å². The molecule has 0 saturated heterocycles. The van der Waals surface area contributed by atoms with Crippen molar-refractivity contribution in [2.75, 3.05) is 40.8 Å². The van der Waals surface area contributed by atoms with E-state index >= 15 is 0 Å². The van der Waals surface area contributed by atoms with Crippen LogP contribution in [0.1, 0.15) is 64.3 Å². The number of aromatic amines is 1. The van der Waals surface area contributed by atoms with Crippen molar-refractivity contribution < 1.29 is 63.8 Å². The maximum atomic E-state index is 13.5. The molecule has 14 nitrogen and oxygen atoms in total. The predicted molar refractivity (Wildman–Crippen MR) is 225 cm³/mol. The summed E-state index contributed by atoms with van der Waals surface area (Å²) in [6.07, 6.45) is -8.98. The number of nitrogens with one attached hydrogen (secondary N) is 1. The van der Waals surface area contributed by atoms with Crippen molar-refractivity contribution in [3.63, 3.8) is 0 Å². The zero-order valence-corrected chi connectivity index (χ0v) is 37.4. The van der Waals surface area contributed by atoms with Gasteiger partial charge in [0.1, 0.15) is 24.8 Å². The number of allylic oxidation sites excluding steroid dienone is 3. The number of halogens is 6. The fraction of sp³-hybridized carbons (Fsp3) is 0.477. The second-order valence-electron chi connectivity index (χ2n) is 15.3. The van der Waals surface area contributed by atoms with Crippen molar-refractivity contribution in [1.82, 2.24) is 14.2 Å². The molecule has 3 unspecified atom stereocenters. The number of nitrogens with zero attached hydrogens (tertiary/aromatic N) is 3. The number of methoxy groups -OCH3 is 2. The zero-order valence-electron chi connectivity index (χ0n) is 36.5. The lowest BCUT2D eigenvalue weighted by atomic mass is 9.76. The van der Waals surface area contributed by atoms with E-state index in [1.54, 1.807) is 19.2 Å². The summed E-state index contributed by atoms with van der Waals surface area (Å²) in [6.45, 7) is 3.84. The van der Waals surface area contributed by atoms with Gasteiger partial charge in [0.05, 0.1) is 45.7 Å². The molecule has 0 saturated carbocycles. The molecule has 2 aromatic carbocycles. The normalized spacial score (nSPS) is 18.3. The second-order valence-corrected chi connectivity index (χ2v) is 16.6. The van der Waals surface area contributed by atoms with E-state index in [0.717, 1.165) is 28.2 Å². The zero-order chi connectivity index (χ0) is 47.5. The minimum Gasteiger partial charge on any atom is -0.501 e. The van der Waals surface area contributed by atoms with E-state index < -0.39 is 76.0 Å². The van der Waals surface area contributed by atoms with Crippen LogP contribution in [0, 0.1) is 17.2 Å². The molecule has 0 fully saturated rings. The maximum Gasteiger partial charge on any atom is 0.402 e. The first kappa shape index (κ1) is 50.8. The van der Waals surface area contributed by atoms with Gasteiger partial charge in [0.2, 0.25) is 6.23 Å². The molecule has 3 aromatic rings. The lowest BCUT2D eigenvalue weighted by Crippen LogP contribution is -2.40. The molecule has 1 aliphatic heterocycles. The van der Waals surface area contributed by atoms with E-state index in [0.29, 0.717) is 29.7 Å². The summed E-state index contributed by atoms with van der Waals surface area (Å²) in [4.78, 5) is 27.8. The fourth-order valence-electron chi connectivity index (χ4n) is 7.33. The van der Waals surface area contributed by atoms with Crippen LogP contribution >= 0.6 is 8.53 Å². The fourth-order valence-corrected chi connectivity index (χ4v) is 8.99. The Bertz CT molecular complexity index is 2270. The Kier molecular flexibility index (Phi) is 17.5. The molecule has 2 heterocycles. The van der Waals surface area contributed by atoms with Gasteiger partial charge in [0, 0.05) is 30.8 Å². The van der Waals surface area contributed by atoms with E-state index in [2.05, 4.69) is 4.98 Å². The van der Waals surface area contributed by atoms with E-state index in [-0.39, 0.29) is 36.6 Å². The van der Waals surface area contributed by atoms with Crippen LogP contribution in [0.4, 0.5) is 26.3 Å². The molecule has 5 rings (SSSR count). The topological polar surface area (TPSA) is 156 Å². The largest absolute Gasteiger partial charge is 0.501 e. The summed E-state index contributed by atoms with van der Waals surface area (Å²) in [7, 11) is 0.882.